The van der Waals surface area contributed by atoms with Crippen LogP contribution in [0.15, 0.2) is 118 Å². The quantitative estimate of drug-likeness (QED) is 0.0151. The van der Waals surface area contributed by atoms with Crippen LogP contribution in [0.1, 0.15) is 103 Å². The number of amides is 3. The Morgan fingerprint density at radius 2 is 1.28 bits per heavy atom. The number of methoxy groups -OCH3 is 3. The van der Waals surface area contributed by atoms with E-state index >= 15 is 4.79 Å². The molecule has 2 saturated heterocycles. The predicted octanol–water partition coefficient (Wildman–Crippen LogP) is 9.96. The monoisotopic (exact) mass is 1270 g/mol. The number of likely N-dealkylation sites (tertiary alicyclic amines) is 1. The SMILES string of the molecule is COc1ccc(COC(=O)C2=C(C[N+]3(Cc4cn(C)c5cc(OCc6ccc(OC)cc6)c(OCc6ccc(OC)cc6)cc5c4=O)CCCC3)[C@H](C)S[C@@H]3[C@H](NC(=O)C(=NOC(C)(C)C(=O)OC(C)(C)C)c4csc(NC(=O)OC(C)(C)C)n4)C(=O)N23)cc1. The molecule has 24 heteroatoms. The molecule has 3 aliphatic rings. The van der Waals surface area contributed by atoms with Crippen LogP contribution in [0.4, 0.5) is 9.93 Å². The highest BCUT2D eigenvalue weighted by Gasteiger charge is 2.57. The molecule has 0 aliphatic carbocycles. The van der Waals surface area contributed by atoms with E-state index in [2.05, 4.69) is 20.8 Å². The standard InChI is InChI=1S/C66H77N7O15S2/c1-39-48(34-73(28-14-15-29-73)33-43-32-71(10)50-31-52(84-36-41-18-24-45(81-12)25-19-41)51(30-47(50)56(43)74)83-35-40-16-22-44(80-11)23-17-40)55(60(77)85-37-42-20-26-46(82-13)27-21-42)72-58(76)54(59(72)90-39)68-57(75)53(70-88-66(8,9)61(78)86-64(2,3)4)49-38-89-62(67-49)69-63(79)87-65(5,6)7/h16-27,30-32,38-39,54,59H,14-15,28-29,33-37H2,1-13H3,(H-,67,68,69,75,79)/p+1/t39-,54+,59+/m0/s1. The Morgan fingerprint density at radius 1 is 0.733 bits per heavy atom. The summed E-state index contributed by atoms with van der Waals surface area (Å²) in [6.07, 6.45) is 2.76. The second kappa shape index (κ2) is 27.2. The fourth-order valence-electron chi connectivity index (χ4n) is 10.6. The summed E-state index contributed by atoms with van der Waals surface area (Å²) >= 11 is 2.36. The van der Waals surface area contributed by atoms with E-state index in [1.807, 2.05) is 79.3 Å². The maximum atomic E-state index is 15.1. The molecular formula is C66H78N7O15S2+. The number of thiazole rings is 1. The summed E-state index contributed by atoms with van der Waals surface area (Å²) < 4.78 is 48.4. The average Bonchev–Trinajstić information content (AvgIpc) is 0.771. The lowest BCUT2D eigenvalue weighted by Crippen LogP contribution is -2.72. The maximum absolute atomic E-state index is 15.1. The van der Waals surface area contributed by atoms with Crippen LogP contribution in [-0.2, 0) is 71.6 Å². The zero-order chi connectivity index (χ0) is 64.9. The number of aromatic nitrogens is 2. The maximum Gasteiger partial charge on any atom is 0.413 e. The molecule has 2 aromatic heterocycles. The Morgan fingerprint density at radius 3 is 1.82 bits per heavy atom. The van der Waals surface area contributed by atoms with Gasteiger partial charge in [-0.25, -0.2) is 19.4 Å². The van der Waals surface area contributed by atoms with Gasteiger partial charge >= 0.3 is 18.0 Å². The molecule has 2 fully saturated rings. The van der Waals surface area contributed by atoms with Crippen molar-refractivity contribution in [3.63, 3.8) is 0 Å². The van der Waals surface area contributed by atoms with E-state index in [1.165, 1.54) is 35.9 Å². The number of β-lactam (4-membered cyclic amide) rings is 1. The number of rotatable bonds is 23. The zero-order valence-electron chi connectivity index (χ0n) is 53.0. The number of anilines is 1. The van der Waals surface area contributed by atoms with E-state index in [1.54, 1.807) is 93.2 Å². The number of oxime groups is 1. The molecule has 4 aromatic carbocycles. The molecule has 0 bridgehead atoms. The molecule has 90 heavy (non-hydrogen) atoms. The van der Waals surface area contributed by atoms with Crippen LogP contribution in [0.3, 0.4) is 0 Å². The van der Waals surface area contributed by atoms with Crippen molar-refractivity contribution in [2.24, 2.45) is 12.2 Å². The fourth-order valence-corrected chi connectivity index (χ4v) is 12.7. The molecule has 3 atom stereocenters. The molecule has 2 N–H and O–H groups in total. The fraction of sp³-hybridized carbons (Fsp3) is 0.424. The van der Waals surface area contributed by atoms with Gasteiger partial charge in [0.2, 0.25) is 5.60 Å². The van der Waals surface area contributed by atoms with Crippen LogP contribution in [0.25, 0.3) is 10.9 Å². The number of hydrogen-bond acceptors (Lipinski definition) is 19. The molecule has 0 unspecified atom stereocenters. The molecule has 6 aromatic rings. The van der Waals surface area contributed by atoms with Crippen LogP contribution in [-0.4, -0.2) is 129 Å². The van der Waals surface area contributed by atoms with Gasteiger partial charge in [-0.3, -0.25) is 24.6 Å². The van der Waals surface area contributed by atoms with Gasteiger partial charge in [0.15, 0.2) is 27.8 Å². The van der Waals surface area contributed by atoms with Crippen LogP contribution >= 0.6 is 23.1 Å². The van der Waals surface area contributed by atoms with E-state index in [4.69, 9.17) is 42.7 Å². The van der Waals surface area contributed by atoms with Crippen molar-refractivity contribution < 1.29 is 71.2 Å². The summed E-state index contributed by atoms with van der Waals surface area (Å²) in [4.78, 5) is 97.3. The first-order chi connectivity index (χ1) is 42.7. The van der Waals surface area contributed by atoms with E-state index in [0.29, 0.717) is 74.7 Å². The zero-order valence-corrected chi connectivity index (χ0v) is 54.6. The summed E-state index contributed by atoms with van der Waals surface area (Å²) in [5.41, 5.74) is 0.262. The summed E-state index contributed by atoms with van der Waals surface area (Å²) in [6.45, 7) is 17.2. The molecular weight excluding hydrogens is 1190 g/mol. The van der Waals surface area contributed by atoms with Gasteiger partial charge in [-0.05, 0) is 121 Å². The minimum Gasteiger partial charge on any atom is -0.497 e. The number of nitrogens with zero attached hydrogens (tertiary/aromatic N) is 5. The van der Waals surface area contributed by atoms with Crippen molar-refractivity contribution in [3.05, 3.63) is 146 Å². The van der Waals surface area contributed by atoms with E-state index in [-0.39, 0.29) is 48.3 Å². The van der Waals surface area contributed by atoms with Crippen molar-refractivity contribution in [2.75, 3.05) is 46.3 Å². The van der Waals surface area contributed by atoms with Gasteiger partial charge in [-0.1, -0.05) is 41.6 Å². The number of thioether (sulfide) groups is 1. The second-order valence-electron chi connectivity index (χ2n) is 24.8. The van der Waals surface area contributed by atoms with Gasteiger partial charge in [0, 0.05) is 48.4 Å². The third-order valence-electron chi connectivity index (χ3n) is 15.2. The van der Waals surface area contributed by atoms with Crippen LogP contribution in [0.2, 0.25) is 0 Å². The lowest BCUT2D eigenvalue weighted by molar-refractivity contribution is -0.925. The third kappa shape index (κ3) is 15.7. The normalized spacial score (nSPS) is 17.4. The molecule has 22 nitrogen and oxygen atoms in total. The molecule has 0 radical (unpaired) electrons. The Bertz CT molecular complexity index is 3770. The third-order valence-corrected chi connectivity index (χ3v) is 17.4. The Balaban J connectivity index is 1.03. The summed E-state index contributed by atoms with van der Waals surface area (Å²) in [5.74, 6) is -0.136. The van der Waals surface area contributed by atoms with Gasteiger partial charge in [0.05, 0.1) is 50.9 Å². The molecule has 5 heterocycles. The highest BCUT2D eigenvalue weighted by Crippen LogP contribution is 2.46. The molecule has 9 rings (SSSR count). The number of quaternary nitrogens is 1. The number of hydrogen-bond donors (Lipinski definition) is 2. The molecule has 3 amide bonds. The minimum absolute atomic E-state index is 0.0549. The van der Waals surface area contributed by atoms with Crippen LogP contribution in [0.5, 0.6) is 28.7 Å². The van der Waals surface area contributed by atoms with Gasteiger partial charge in [0.1, 0.15) is 84.2 Å². The lowest BCUT2D eigenvalue weighted by atomic mass is 9.99. The molecule has 3 aliphatic heterocycles. The molecule has 0 saturated carbocycles. The van der Waals surface area contributed by atoms with Crippen molar-refractivity contribution in [1.29, 1.82) is 0 Å². The van der Waals surface area contributed by atoms with Crippen molar-refractivity contribution >= 4 is 74.7 Å². The van der Waals surface area contributed by atoms with E-state index in [0.717, 1.165) is 41.1 Å². The van der Waals surface area contributed by atoms with Crippen LogP contribution in [0, 0.1) is 0 Å². The van der Waals surface area contributed by atoms with Gasteiger partial charge in [0.25, 0.3) is 11.8 Å². The number of esters is 2. The van der Waals surface area contributed by atoms with Gasteiger partial charge in [-0.2, -0.15) is 0 Å². The Labute approximate surface area is 531 Å². The first-order valence-electron chi connectivity index (χ1n) is 29.5. The Kier molecular flexibility index (Phi) is 19.9. The lowest BCUT2D eigenvalue weighted by Gasteiger charge is -2.52. The van der Waals surface area contributed by atoms with E-state index < -0.39 is 69.0 Å². The van der Waals surface area contributed by atoms with Crippen molar-refractivity contribution in [3.8, 4) is 28.7 Å². The summed E-state index contributed by atoms with van der Waals surface area (Å²) in [6, 6.07) is 24.5. The average molecular weight is 1270 g/mol. The Hall–Kier alpha value is -8.61. The number of carbonyl (C=O) groups excluding carboxylic acids is 5. The summed E-state index contributed by atoms with van der Waals surface area (Å²) in [5, 5.41) is 10.2. The number of carbonyl (C=O) groups is 5. The molecule has 0 spiro atoms. The largest absolute Gasteiger partial charge is 0.497 e. The summed E-state index contributed by atoms with van der Waals surface area (Å²) in [7, 11) is 6.66. The van der Waals surface area contributed by atoms with Gasteiger partial charge in [-0.15, -0.1) is 23.1 Å². The first-order valence-corrected chi connectivity index (χ1v) is 31.3. The highest BCUT2D eigenvalue weighted by molar-refractivity contribution is 8.00. The highest BCUT2D eigenvalue weighted by atomic mass is 32.2. The van der Waals surface area contributed by atoms with E-state index in [9.17, 15) is 24.0 Å². The van der Waals surface area contributed by atoms with Crippen LogP contribution < -0.4 is 39.7 Å². The van der Waals surface area contributed by atoms with Gasteiger partial charge < -0.3 is 57.1 Å². The minimum atomic E-state index is -1.71. The number of pyridine rings is 1. The number of nitrogens with one attached hydrogen (secondary N) is 2. The predicted molar refractivity (Wildman–Crippen MR) is 341 cm³/mol. The second-order valence-corrected chi connectivity index (χ2v) is 27.2. The van der Waals surface area contributed by atoms with Crippen molar-refractivity contribution in [2.45, 2.75) is 135 Å². The molecule has 478 valence electrons. The smallest absolute Gasteiger partial charge is 0.413 e. The van der Waals surface area contributed by atoms with Crippen molar-refractivity contribution in [1.82, 2.24) is 19.8 Å². The first kappa shape index (κ1) is 65.8. The number of ether oxygens (including phenoxy) is 8. The number of aryl methyl sites for hydroxylation is 1. The number of benzene rings is 4. The number of fused-ring (bicyclic) bond motifs is 2. The topological polar surface area (TPSA) is 243 Å².